The van der Waals surface area contributed by atoms with Crippen LogP contribution in [-0.2, 0) is 14.4 Å². The lowest BCUT2D eigenvalue weighted by Crippen LogP contribution is -2.61. The Kier molecular flexibility index (Phi) is 6.00. The summed E-state index contributed by atoms with van der Waals surface area (Å²) in [5.41, 5.74) is 6.18. The number of fused-ring (bicyclic) bond motifs is 5. The normalized spacial score (nSPS) is 46.4. The van der Waals surface area contributed by atoms with Crippen LogP contribution in [-0.4, -0.2) is 30.4 Å². The minimum absolute atomic E-state index is 0. The molecule has 0 saturated heterocycles. The summed E-state index contributed by atoms with van der Waals surface area (Å²) in [6.45, 7) is 7.27. The van der Waals surface area contributed by atoms with E-state index in [4.69, 9.17) is 10.6 Å². The van der Waals surface area contributed by atoms with Gasteiger partial charge in [-0.15, -0.1) is 12.4 Å². The summed E-state index contributed by atoms with van der Waals surface area (Å²) in [5.74, 6) is 1.31. The Labute approximate surface area is 174 Å². The molecule has 4 aliphatic carbocycles. The van der Waals surface area contributed by atoms with Crippen molar-refractivity contribution in [2.75, 3.05) is 13.2 Å². The molecule has 0 aromatic carbocycles. The van der Waals surface area contributed by atoms with Crippen LogP contribution in [0.25, 0.3) is 0 Å². The summed E-state index contributed by atoms with van der Waals surface area (Å²) >= 11 is 0. The molecule has 0 aliphatic heterocycles. The topological polar surface area (TPSA) is 81.8 Å². The Morgan fingerprint density at radius 2 is 1.89 bits per heavy atom. The fourth-order valence-corrected chi connectivity index (χ4v) is 7.16. The van der Waals surface area contributed by atoms with Crippen molar-refractivity contribution < 1.29 is 14.4 Å². The van der Waals surface area contributed by atoms with Gasteiger partial charge in [-0.2, -0.15) is 0 Å². The number of halogens is 1. The zero-order valence-corrected chi connectivity index (χ0v) is 18.2. The maximum absolute atomic E-state index is 13.6. The lowest BCUT2D eigenvalue weighted by atomic mass is 9.44. The van der Waals surface area contributed by atoms with Crippen molar-refractivity contribution in [2.24, 2.45) is 51.3 Å². The van der Waals surface area contributed by atoms with Crippen molar-refractivity contribution >= 4 is 29.7 Å². The Bertz CT molecular complexity index is 681. The number of rotatable bonds is 3. The third-order valence-corrected chi connectivity index (χ3v) is 8.76. The van der Waals surface area contributed by atoms with E-state index in [1.165, 1.54) is 12.8 Å². The van der Waals surface area contributed by atoms with Gasteiger partial charge in [-0.05, 0) is 55.3 Å². The van der Waals surface area contributed by atoms with E-state index < -0.39 is 5.41 Å². The van der Waals surface area contributed by atoms with Crippen LogP contribution in [0.1, 0.15) is 65.7 Å². The molecule has 2 unspecified atom stereocenters. The third-order valence-electron chi connectivity index (χ3n) is 8.76. The molecule has 28 heavy (non-hydrogen) atoms. The average molecular weight is 411 g/mol. The summed E-state index contributed by atoms with van der Waals surface area (Å²) in [6, 6.07) is 0. The van der Waals surface area contributed by atoms with E-state index in [1.54, 1.807) is 0 Å². The quantitative estimate of drug-likeness (QED) is 0.567. The van der Waals surface area contributed by atoms with Crippen molar-refractivity contribution in [1.82, 2.24) is 0 Å². The molecule has 158 valence electrons. The number of ketones is 2. The van der Waals surface area contributed by atoms with Gasteiger partial charge in [0.2, 0.25) is 0 Å². The van der Waals surface area contributed by atoms with Gasteiger partial charge in [-0.3, -0.25) is 9.59 Å². The minimum atomic E-state index is -0.394. The van der Waals surface area contributed by atoms with Gasteiger partial charge in [0.25, 0.3) is 0 Å². The van der Waals surface area contributed by atoms with E-state index in [9.17, 15) is 9.59 Å². The van der Waals surface area contributed by atoms with Crippen LogP contribution < -0.4 is 5.73 Å². The Hall–Kier alpha value is -0.940. The number of Topliss-reactive ketones (excluding diaryl/α,β-unsaturated/α-hetero) is 2. The summed E-state index contributed by atoms with van der Waals surface area (Å²) in [5, 5.41) is 4.22. The molecule has 6 heteroatoms. The smallest absolute Gasteiger partial charge is 0.147 e. The largest absolute Gasteiger partial charge is 0.394 e. The number of carbonyl (C=O) groups excluding carboxylic acids is 2. The third kappa shape index (κ3) is 3.04. The van der Waals surface area contributed by atoms with E-state index in [0.717, 1.165) is 25.0 Å². The van der Waals surface area contributed by atoms with Crippen molar-refractivity contribution in [2.45, 2.75) is 65.7 Å². The number of hydrogen-bond donors (Lipinski definition) is 1. The molecule has 4 rings (SSSR count). The van der Waals surface area contributed by atoms with Gasteiger partial charge in [0, 0.05) is 24.3 Å². The van der Waals surface area contributed by atoms with Crippen LogP contribution in [0.2, 0.25) is 0 Å². The zero-order valence-electron chi connectivity index (χ0n) is 17.4. The molecule has 4 fully saturated rings. The van der Waals surface area contributed by atoms with Crippen LogP contribution in [0.5, 0.6) is 0 Å². The second-order valence-corrected chi connectivity index (χ2v) is 9.97. The molecule has 2 N–H and O–H groups in total. The van der Waals surface area contributed by atoms with Gasteiger partial charge in [0.15, 0.2) is 0 Å². The van der Waals surface area contributed by atoms with Crippen LogP contribution in [0.15, 0.2) is 5.16 Å². The van der Waals surface area contributed by atoms with E-state index in [2.05, 4.69) is 19.0 Å². The molecule has 0 amide bonds. The lowest BCUT2D eigenvalue weighted by molar-refractivity contribution is -0.162. The molecule has 5 nitrogen and oxygen atoms in total. The van der Waals surface area contributed by atoms with Crippen molar-refractivity contribution in [1.29, 1.82) is 0 Å². The number of nitrogens with zero attached hydrogens (tertiary/aromatic N) is 1. The monoisotopic (exact) mass is 410 g/mol. The minimum Gasteiger partial charge on any atom is -0.394 e. The maximum Gasteiger partial charge on any atom is 0.147 e. The van der Waals surface area contributed by atoms with E-state index in [-0.39, 0.29) is 41.9 Å². The highest BCUT2D eigenvalue weighted by Crippen LogP contribution is 2.64. The number of carbonyl (C=O) groups is 2. The van der Waals surface area contributed by atoms with E-state index in [1.807, 2.05) is 6.92 Å². The Morgan fingerprint density at radius 3 is 2.61 bits per heavy atom. The van der Waals surface area contributed by atoms with Gasteiger partial charge in [-0.25, -0.2) is 0 Å². The molecular formula is C22H35ClN2O3. The predicted octanol–water partition coefficient (Wildman–Crippen LogP) is 3.78. The van der Waals surface area contributed by atoms with Crippen molar-refractivity contribution in [3.63, 3.8) is 0 Å². The van der Waals surface area contributed by atoms with Crippen LogP contribution in [0.4, 0.5) is 0 Å². The first-order chi connectivity index (χ1) is 12.8. The number of hydrogen-bond acceptors (Lipinski definition) is 5. The number of nitrogens with two attached hydrogens (primary N) is 1. The average Bonchev–Trinajstić information content (AvgIpc) is 3.03. The van der Waals surface area contributed by atoms with Crippen molar-refractivity contribution in [3.05, 3.63) is 0 Å². The Balaban J connectivity index is 0.00000225. The molecule has 0 aromatic rings. The summed E-state index contributed by atoms with van der Waals surface area (Å²) in [7, 11) is 0. The fraction of sp³-hybridized carbons (Fsp3) is 0.864. The SMILES string of the molecule is CC1C(=O)[C@@]2(C)C(CC(=O)[C@H]3[C@@H]4CCC[C@@]4(C)CC[C@@H]32)CC1=NOCCN.Cl. The molecule has 0 aromatic heterocycles. The van der Waals surface area contributed by atoms with Crippen molar-refractivity contribution in [3.8, 4) is 0 Å². The standard InChI is InChI=1S/C22H34N2O3.ClH/c1-13-17(24-27-10-9-23)11-14-12-18(25)19-15-5-4-7-21(15,2)8-6-16(19)22(14,3)20(13)26;/h13-16,19H,4-12,23H2,1-3H3;1H/t13?,14?,15-,16-,19-,21-,22-;/m0./s1. The second-order valence-electron chi connectivity index (χ2n) is 9.97. The second kappa shape index (κ2) is 7.71. The summed E-state index contributed by atoms with van der Waals surface area (Å²) < 4.78 is 0. The Morgan fingerprint density at radius 1 is 1.14 bits per heavy atom. The predicted molar refractivity (Wildman–Crippen MR) is 111 cm³/mol. The van der Waals surface area contributed by atoms with Gasteiger partial charge in [0.1, 0.15) is 18.2 Å². The zero-order chi connectivity index (χ0) is 19.4. The van der Waals surface area contributed by atoms with Gasteiger partial charge < -0.3 is 10.6 Å². The molecule has 0 spiro atoms. The molecule has 0 heterocycles. The fourth-order valence-electron chi connectivity index (χ4n) is 7.16. The molecule has 4 saturated carbocycles. The number of oxime groups is 1. The first-order valence-electron chi connectivity index (χ1n) is 10.8. The van der Waals surface area contributed by atoms with Crippen LogP contribution in [0.3, 0.4) is 0 Å². The summed E-state index contributed by atoms with van der Waals surface area (Å²) in [6.07, 6.45) is 7.05. The lowest BCUT2D eigenvalue weighted by Gasteiger charge is -2.58. The molecule has 7 atom stereocenters. The van der Waals surface area contributed by atoms with Crippen LogP contribution in [0, 0.1) is 40.4 Å². The molecule has 0 radical (unpaired) electrons. The van der Waals surface area contributed by atoms with E-state index in [0.29, 0.717) is 43.1 Å². The summed E-state index contributed by atoms with van der Waals surface area (Å²) in [4.78, 5) is 32.1. The first kappa shape index (κ1) is 21.8. The highest BCUT2D eigenvalue weighted by molar-refractivity contribution is 6.10. The highest BCUT2D eigenvalue weighted by atomic mass is 35.5. The van der Waals surface area contributed by atoms with E-state index >= 15 is 0 Å². The molecular weight excluding hydrogens is 376 g/mol. The van der Waals surface area contributed by atoms with Crippen LogP contribution >= 0.6 is 12.4 Å². The first-order valence-corrected chi connectivity index (χ1v) is 10.8. The maximum atomic E-state index is 13.6. The van der Waals surface area contributed by atoms with Gasteiger partial charge >= 0.3 is 0 Å². The molecule has 0 bridgehead atoms. The van der Waals surface area contributed by atoms with Gasteiger partial charge in [0.05, 0.1) is 11.6 Å². The highest BCUT2D eigenvalue weighted by Gasteiger charge is 2.64. The van der Waals surface area contributed by atoms with Gasteiger partial charge in [-0.1, -0.05) is 32.3 Å². The molecule has 4 aliphatic rings.